The van der Waals surface area contributed by atoms with Gasteiger partial charge in [-0.2, -0.15) is 0 Å². The van der Waals surface area contributed by atoms with Gasteiger partial charge in [0, 0.05) is 19.9 Å². The van der Waals surface area contributed by atoms with Crippen LogP contribution < -0.4 is 0 Å². The van der Waals surface area contributed by atoms with E-state index in [1.54, 1.807) is 6.20 Å². The fourth-order valence-electron chi connectivity index (χ4n) is 2.27. The van der Waals surface area contributed by atoms with E-state index in [4.69, 9.17) is 9.47 Å². The molecule has 120 valence electrons. The fraction of sp³-hybridized carbons (Fsp3) is 0.833. The molecule has 1 saturated heterocycles. The van der Waals surface area contributed by atoms with Crippen LogP contribution in [0.2, 0.25) is 0 Å². The summed E-state index contributed by atoms with van der Waals surface area (Å²) >= 11 is 0. The Morgan fingerprint density at radius 2 is 2.00 bits per heavy atom. The highest BCUT2D eigenvalue weighted by molar-refractivity contribution is 4.94. The van der Waals surface area contributed by atoms with Gasteiger partial charge in [0.05, 0.1) is 12.2 Å². The monoisotopic (exact) mass is 302 g/mol. The van der Waals surface area contributed by atoms with Crippen LogP contribution in [0.15, 0.2) is 6.20 Å². The highest BCUT2D eigenvalue weighted by Crippen LogP contribution is 2.22. The Hall–Kier alpha value is -1.10. The van der Waals surface area contributed by atoms with Crippen molar-refractivity contribution in [3.8, 4) is 0 Å². The molecule has 2 rings (SSSR count). The summed E-state index contributed by atoms with van der Waals surface area (Å²) in [5.74, 6) is 0. The highest BCUT2D eigenvalue weighted by atomic mass is 16.7. The maximum absolute atomic E-state index is 9.97. The predicted octanol–water partition coefficient (Wildman–Crippen LogP) is -2.21. The first-order chi connectivity index (χ1) is 9.92. The van der Waals surface area contributed by atoms with E-state index < -0.39 is 30.7 Å². The van der Waals surface area contributed by atoms with Crippen molar-refractivity contribution in [1.82, 2.24) is 19.9 Å². The topological polar surface area (TPSA) is 113 Å². The zero-order valence-corrected chi connectivity index (χ0v) is 12.3. The SMILES string of the molecule is CO[C@H]1O[C@H](Cn2cc(CN(C)C)nn2)[C@@H](O)[C@H](O)[C@H]1O. The van der Waals surface area contributed by atoms with E-state index in [9.17, 15) is 15.3 Å². The third-order valence-electron chi connectivity index (χ3n) is 3.33. The maximum atomic E-state index is 9.97. The van der Waals surface area contributed by atoms with Gasteiger partial charge >= 0.3 is 0 Å². The first-order valence-corrected chi connectivity index (χ1v) is 6.68. The largest absolute Gasteiger partial charge is 0.388 e. The lowest BCUT2D eigenvalue weighted by atomic mass is 9.99. The average Bonchev–Trinajstić information content (AvgIpc) is 2.86. The molecule has 9 nitrogen and oxygen atoms in total. The molecule has 9 heteroatoms. The van der Waals surface area contributed by atoms with Crippen LogP contribution in [0.1, 0.15) is 5.69 Å². The molecule has 0 aromatic carbocycles. The molecule has 2 heterocycles. The summed E-state index contributed by atoms with van der Waals surface area (Å²) in [5.41, 5.74) is 0.786. The van der Waals surface area contributed by atoms with E-state index in [0.29, 0.717) is 6.54 Å². The van der Waals surface area contributed by atoms with E-state index in [1.807, 2.05) is 19.0 Å². The molecule has 0 saturated carbocycles. The second-order valence-electron chi connectivity index (χ2n) is 5.42. The summed E-state index contributed by atoms with van der Waals surface area (Å²) in [4.78, 5) is 1.96. The Labute approximate surface area is 122 Å². The van der Waals surface area contributed by atoms with Gasteiger partial charge in [0.25, 0.3) is 0 Å². The third kappa shape index (κ3) is 3.76. The second-order valence-corrected chi connectivity index (χ2v) is 5.42. The van der Waals surface area contributed by atoms with Gasteiger partial charge in [0.1, 0.15) is 24.4 Å². The van der Waals surface area contributed by atoms with Crippen LogP contribution in [0.4, 0.5) is 0 Å². The molecule has 5 atom stereocenters. The van der Waals surface area contributed by atoms with Crippen LogP contribution in [0.5, 0.6) is 0 Å². The van der Waals surface area contributed by atoms with Crippen LogP contribution in [0.25, 0.3) is 0 Å². The van der Waals surface area contributed by atoms with Crippen molar-refractivity contribution < 1.29 is 24.8 Å². The van der Waals surface area contributed by atoms with Crippen molar-refractivity contribution in [2.75, 3.05) is 21.2 Å². The standard InChI is InChI=1S/C12H22N4O5/c1-15(2)4-7-5-16(14-13-7)6-8-9(17)10(18)11(19)12(20-3)21-8/h5,8-12,17-19H,4,6H2,1-3H3/t8-,9-,10+,11-,12+/m1/s1. The summed E-state index contributed by atoms with van der Waals surface area (Å²) in [5, 5.41) is 37.4. The van der Waals surface area contributed by atoms with Crippen molar-refractivity contribution in [1.29, 1.82) is 0 Å². The fourth-order valence-corrected chi connectivity index (χ4v) is 2.27. The molecule has 21 heavy (non-hydrogen) atoms. The van der Waals surface area contributed by atoms with Crippen molar-refractivity contribution >= 4 is 0 Å². The number of aliphatic hydroxyl groups excluding tert-OH is 3. The van der Waals surface area contributed by atoms with E-state index in [0.717, 1.165) is 5.69 Å². The molecule has 0 unspecified atom stereocenters. The molecule has 1 aromatic rings. The Kier molecular flexibility index (Phi) is 5.25. The van der Waals surface area contributed by atoms with Crippen molar-refractivity contribution in [3.05, 3.63) is 11.9 Å². The number of hydrogen-bond donors (Lipinski definition) is 3. The van der Waals surface area contributed by atoms with E-state index in [2.05, 4.69) is 10.3 Å². The van der Waals surface area contributed by atoms with Crippen LogP contribution >= 0.6 is 0 Å². The Morgan fingerprint density at radius 3 is 2.62 bits per heavy atom. The van der Waals surface area contributed by atoms with E-state index in [1.165, 1.54) is 11.8 Å². The average molecular weight is 302 g/mol. The minimum Gasteiger partial charge on any atom is -0.388 e. The number of rotatable bonds is 5. The Morgan fingerprint density at radius 1 is 1.29 bits per heavy atom. The first kappa shape index (κ1) is 16.3. The van der Waals surface area contributed by atoms with Crippen LogP contribution in [-0.4, -0.2) is 87.1 Å². The lowest BCUT2D eigenvalue weighted by Crippen LogP contribution is -2.58. The molecule has 3 N–H and O–H groups in total. The number of aliphatic hydroxyl groups is 3. The lowest BCUT2D eigenvalue weighted by molar-refractivity contribution is -0.292. The molecule has 1 aliphatic rings. The molecule has 1 fully saturated rings. The molecule has 0 aliphatic carbocycles. The number of ether oxygens (including phenoxy) is 2. The smallest absolute Gasteiger partial charge is 0.186 e. The van der Waals surface area contributed by atoms with Crippen LogP contribution in [0.3, 0.4) is 0 Å². The molecule has 0 amide bonds. The summed E-state index contributed by atoms with van der Waals surface area (Å²) in [6, 6.07) is 0. The third-order valence-corrected chi connectivity index (χ3v) is 3.33. The molecular weight excluding hydrogens is 280 g/mol. The molecule has 0 bridgehead atoms. The van der Waals surface area contributed by atoms with Gasteiger partial charge in [0.15, 0.2) is 6.29 Å². The second kappa shape index (κ2) is 6.77. The first-order valence-electron chi connectivity index (χ1n) is 6.68. The van der Waals surface area contributed by atoms with Gasteiger partial charge in [-0.05, 0) is 14.1 Å². The molecule has 0 radical (unpaired) electrons. The van der Waals surface area contributed by atoms with Crippen LogP contribution in [-0.2, 0) is 22.6 Å². The van der Waals surface area contributed by atoms with Gasteiger partial charge in [-0.1, -0.05) is 5.21 Å². The van der Waals surface area contributed by atoms with Gasteiger partial charge < -0.3 is 29.7 Å². The minimum atomic E-state index is -1.33. The predicted molar refractivity (Wildman–Crippen MR) is 71.1 cm³/mol. The molecule has 1 aliphatic heterocycles. The Balaban J connectivity index is 2.02. The minimum absolute atomic E-state index is 0.200. The number of nitrogens with zero attached hydrogens (tertiary/aromatic N) is 4. The van der Waals surface area contributed by atoms with Gasteiger partial charge in [-0.25, -0.2) is 4.68 Å². The number of hydrogen-bond acceptors (Lipinski definition) is 8. The number of methoxy groups -OCH3 is 1. The summed E-state index contributed by atoms with van der Waals surface area (Å²) < 4.78 is 11.9. The molecule has 0 spiro atoms. The highest BCUT2D eigenvalue weighted by Gasteiger charge is 2.44. The molecular formula is C12H22N4O5. The summed E-state index contributed by atoms with van der Waals surface area (Å²) in [7, 11) is 5.21. The quantitative estimate of drug-likeness (QED) is 0.561. The van der Waals surface area contributed by atoms with Crippen LogP contribution in [0, 0.1) is 0 Å². The van der Waals surface area contributed by atoms with Crippen molar-refractivity contribution in [2.45, 2.75) is 43.8 Å². The van der Waals surface area contributed by atoms with Gasteiger partial charge in [-0.3, -0.25) is 0 Å². The molecule has 1 aromatic heterocycles. The van der Waals surface area contributed by atoms with E-state index >= 15 is 0 Å². The summed E-state index contributed by atoms with van der Waals surface area (Å²) in [6.07, 6.45) is -3.84. The van der Waals surface area contributed by atoms with Gasteiger partial charge in [-0.15, -0.1) is 5.10 Å². The zero-order chi connectivity index (χ0) is 15.6. The zero-order valence-electron chi connectivity index (χ0n) is 12.3. The lowest BCUT2D eigenvalue weighted by Gasteiger charge is -2.39. The maximum Gasteiger partial charge on any atom is 0.186 e. The van der Waals surface area contributed by atoms with Crippen molar-refractivity contribution in [2.24, 2.45) is 0 Å². The van der Waals surface area contributed by atoms with E-state index in [-0.39, 0.29) is 6.54 Å². The summed E-state index contributed by atoms with van der Waals surface area (Å²) in [6.45, 7) is 0.849. The van der Waals surface area contributed by atoms with Gasteiger partial charge in [0.2, 0.25) is 0 Å². The number of aromatic nitrogens is 3. The van der Waals surface area contributed by atoms with Crippen molar-refractivity contribution in [3.63, 3.8) is 0 Å². The normalized spacial score (nSPS) is 33.6. The Bertz CT molecular complexity index is 453.